The molecule has 0 N–H and O–H groups in total. The van der Waals surface area contributed by atoms with Crippen LogP contribution in [0.25, 0.3) is 16.8 Å². The van der Waals surface area contributed by atoms with Crippen LogP contribution in [0.1, 0.15) is 22.8 Å². The van der Waals surface area contributed by atoms with Gasteiger partial charge in [-0.1, -0.05) is 36.4 Å². The fourth-order valence-electron chi connectivity index (χ4n) is 2.23. The van der Waals surface area contributed by atoms with Gasteiger partial charge in [0, 0.05) is 16.5 Å². The molecule has 0 fully saturated rings. The largest absolute Gasteiger partial charge is 0.492 e. The summed E-state index contributed by atoms with van der Waals surface area (Å²) in [5, 5.41) is 1.95. The molecule has 0 amide bonds. The lowest BCUT2D eigenvalue weighted by Gasteiger charge is -2.30. The van der Waals surface area contributed by atoms with Gasteiger partial charge in [0.1, 0.15) is 13.6 Å². The summed E-state index contributed by atoms with van der Waals surface area (Å²) in [6.45, 7) is 1.79. The molecule has 18 heavy (non-hydrogen) atoms. The Balaban J connectivity index is 2.39. The molecule has 2 radical (unpaired) electrons. The molecule has 1 aliphatic rings. The first-order chi connectivity index (χ1) is 8.61. The number of carbonyl (C=O) groups excluding carboxylic acids is 1. The van der Waals surface area contributed by atoms with Crippen molar-refractivity contribution in [2.75, 3.05) is 0 Å². The van der Waals surface area contributed by atoms with E-state index in [1.807, 2.05) is 36.4 Å². The predicted octanol–water partition coefficient (Wildman–Crippen LogP) is 2.94. The molecule has 2 nitrogen and oxygen atoms in total. The molecular weight excluding hydrogens is 223 g/mol. The monoisotopic (exact) mass is 234 g/mol. The highest BCUT2D eigenvalue weighted by Crippen LogP contribution is 2.38. The minimum Gasteiger partial charge on any atom is -0.492 e. The second-order valence-corrected chi connectivity index (χ2v) is 4.67. The van der Waals surface area contributed by atoms with E-state index in [2.05, 4.69) is 0 Å². The summed E-state index contributed by atoms with van der Waals surface area (Å²) in [5.41, 5.74) is 0.583. The highest BCUT2D eigenvalue weighted by Gasteiger charge is 2.24. The third-order valence-corrected chi connectivity index (χ3v) is 3.10. The van der Waals surface area contributed by atoms with E-state index < -0.39 is 5.50 Å². The van der Waals surface area contributed by atoms with Gasteiger partial charge < -0.3 is 4.74 Å². The summed E-state index contributed by atoms with van der Waals surface area (Å²) in [6, 6.07) is 9.67. The number of aldehydes is 1. The Morgan fingerprint density at radius 3 is 2.89 bits per heavy atom. The fourth-order valence-corrected chi connectivity index (χ4v) is 2.23. The molecule has 3 heteroatoms. The van der Waals surface area contributed by atoms with Crippen LogP contribution in [0.3, 0.4) is 0 Å². The number of fused-ring (bicyclic) bond motifs is 3. The lowest BCUT2D eigenvalue weighted by Crippen LogP contribution is -2.32. The Kier molecular flexibility index (Phi) is 2.30. The van der Waals surface area contributed by atoms with Crippen molar-refractivity contribution < 1.29 is 9.53 Å². The number of carbonyl (C=O) groups is 1. The van der Waals surface area contributed by atoms with Crippen molar-refractivity contribution >= 4 is 31.0 Å². The van der Waals surface area contributed by atoms with Gasteiger partial charge in [-0.25, -0.2) is 0 Å². The first-order valence-corrected chi connectivity index (χ1v) is 5.79. The Hall–Kier alpha value is -2.03. The molecule has 0 spiro atoms. The van der Waals surface area contributed by atoms with Gasteiger partial charge in [-0.15, -0.1) is 0 Å². The summed E-state index contributed by atoms with van der Waals surface area (Å²) in [7, 11) is 5.98. The number of ether oxygens (including phenoxy) is 1. The van der Waals surface area contributed by atoms with Crippen molar-refractivity contribution in [1.29, 1.82) is 0 Å². The molecule has 1 heterocycles. The first-order valence-electron chi connectivity index (χ1n) is 5.79. The second kappa shape index (κ2) is 3.74. The van der Waals surface area contributed by atoms with Gasteiger partial charge in [0.15, 0.2) is 6.29 Å². The van der Waals surface area contributed by atoms with Gasteiger partial charge >= 0.3 is 0 Å². The minimum atomic E-state index is -0.836. The molecule has 0 bridgehead atoms. The average molecular weight is 234 g/mol. The van der Waals surface area contributed by atoms with E-state index in [1.165, 1.54) is 0 Å². The predicted molar refractivity (Wildman–Crippen MR) is 73.2 cm³/mol. The molecular formula is C15H11BO2. The van der Waals surface area contributed by atoms with Gasteiger partial charge in [-0.05, 0) is 18.4 Å². The first kappa shape index (κ1) is 11.1. The van der Waals surface area contributed by atoms with E-state index >= 15 is 0 Å². The highest BCUT2D eigenvalue weighted by molar-refractivity contribution is 6.17. The maximum Gasteiger partial charge on any atom is 0.150 e. The van der Waals surface area contributed by atoms with Gasteiger partial charge in [0.05, 0.1) is 5.50 Å². The zero-order valence-corrected chi connectivity index (χ0v) is 10.0. The van der Waals surface area contributed by atoms with Crippen molar-refractivity contribution in [3.05, 3.63) is 47.5 Å². The van der Waals surface area contributed by atoms with Crippen molar-refractivity contribution in [3.63, 3.8) is 0 Å². The van der Waals surface area contributed by atoms with E-state index in [1.54, 1.807) is 13.0 Å². The van der Waals surface area contributed by atoms with Crippen LogP contribution in [0.2, 0.25) is 0 Å². The van der Waals surface area contributed by atoms with Gasteiger partial charge in [-0.3, -0.25) is 4.79 Å². The van der Waals surface area contributed by atoms with Crippen LogP contribution in [0, 0.1) is 0 Å². The molecule has 1 aliphatic heterocycles. The van der Waals surface area contributed by atoms with E-state index in [0.717, 1.165) is 22.6 Å². The summed E-state index contributed by atoms with van der Waals surface area (Å²) in [5.74, 6) is 0.683. The third kappa shape index (κ3) is 1.63. The lowest BCUT2D eigenvalue weighted by molar-refractivity contribution is 0.112. The number of hydrogen-bond donors (Lipinski definition) is 0. The molecule has 2 aromatic rings. The smallest absolute Gasteiger partial charge is 0.150 e. The molecule has 2 aromatic carbocycles. The molecule has 0 aliphatic carbocycles. The third-order valence-electron chi connectivity index (χ3n) is 3.10. The van der Waals surface area contributed by atoms with Crippen LogP contribution in [0.5, 0.6) is 5.75 Å². The van der Waals surface area contributed by atoms with E-state index in [0.29, 0.717) is 11.3 Å². The maximum absolute atomic E-state index is 11.2. The van der Waals surface area contributed by atoms with Crippen LogP contribution in [-0.4, -0.2) is 19.6 Å². The molecule has 1 unspecified atom stereocenters. The number of rotatable bonds is 1. The summed E-state index contributed by atoms with van der Waals surface area (Å²) in [4.78, 5) is 11.2. The molecule has 86 valence electrons. The Bertz CT molecular complexity index is 671. The van der Waals surface area contributed by atoms with E-state index in [9.17, 15) is 4.79 Å². The molecule has 0 saturated heterocycles. The normalized spacial score (nSPS) is 21.4. The molecule has 0 aromatic heterocycles. The Labute approximate surface area is 107 Å². The fraction of sp³-hybridized carbons (Fsp3) is 0.133. The number of benzene rings is 2. The van der Waals surface area contributed by atoms with Gasteiger partial charge in [0.2, 0.25) is 0 Å². The molecule has 3 rings (SSSR count). The van der Waals surface area contributed by atoms with Crippen LogP contribution in [-0.2, 0) is 0 Å². The van der Waals surface area contributed by atoms with Crippen LogP contribution >= 0.6 is 0 Å². The summed E-state index contributed by atoms with van der Waals surface area (Å²) in [6.07, 6.45) is 4.46. The van der Waals surface area contributed by atoms with Gasteiger partial charge in [-0.2, -0.15) is 0 Å². The molecule has 0 saturated carbocycles. The average Bonchev–Trinajstić information content (AvgIpc) is 2.36. The Morgan fingerprint density at radius 2 is 2.11 bits per heavy atom. The SMILES string of the molecule is [B]C1(C)C=Cc2c(C=O)cc3ccccc3c2O1. The topological polar surface area (TPSA) is 26.3 Å². The van der Waals surface area contributed by atoms with Crippen molar-refractivity contribution in [2.24, 2.45) is 0 Å². The zero-order valence-electron chi connectivity index (χ0n) is 10.0. The standard InChI is InChI=1S/C15H11BO2/c1-15(16)7-6-13-11(9-17)8-10-4-2-3-5-12(10)14(13)18-15/h2-9H,1H3. The summed E-state index contributed by atoms with van der Waals surface area (Å²) < 4.78 is 5.81. The van der Waals surface area contributed by atoms with Crippen LogP contribution in [0.4, 0.5) is 0 Å². The minimum absolute atomic E-state index is 0.621. The summed E-state index contributed by atoms with van der Waals surface area (Å²) >= 11 is 0. The van der Waals surface area contributed by atoms with E-state index in [4.69, 9.17) is 12.6 Å². The Morgan fingerprint density at radius 1 is 1.33 bits per heavy atom. The second-order valence-electron chi connectivity index (χ2n) is 4.67. The lowest BCUT2D eigenvalue weighted by atomic mass is 9.80. The van der Waals surface area contributed by atoms with Crippen molar-refractivity contribution in [2.45, 2.75) is 12.4 Å². The quantitative estimate of drug-likeness (QED) is 0.560. The van der Waals surface area contributed by atoms with Crippen molar-refractivity contribution in [1.82, 2.24) is 0 Å². The van der Waals surface area contributed by atoms with Crippen LogP contribution < -0.4 is 4.74 Å². The highest BCUT2D eigenvalue weighted by atomic mass is 16.5. The number of hydrogen-bond acceptors (Lipinski definition) is 2. The van der Waals surface area contributed by atoms with E-state index in [-0.39, 0.29) is 0 Å². The van der Waals surface area contributed by atoms with Crippen LogP contribution in [0.15, 0.2) is 36.4 Å². The molecule has 1 atom stereocenters. The van der Waals surface area contributed by atoms with Gasteiger partial charge in [0.25, 0.3) is 0 Å². The maximum atomic E-state index is 11.2. The van der Waals surface area contributed by atoms with Crippen molar-refractivity contribution in [3.8, 4) is 5.75 Å². The zero-order chi connectivity index (χ0) is 12.8.